The normalized spacial score (nSPS) is 14.1. The molecule has 0 radical (unpaired) electrons. The van der Waals surface area contributed by atoms with Gasteiger partial charge in [-0.25, -0.2) is 0 Å². The Morgan fingerprint density at radius 2 is 2.21 bits per heavy atom. The van der Waals surface area contributed by atoms with Crippen molar-refractivity contribution in [3.63, 3.8) is 0 Å². The molecule has 1 heterocycles. The molecule has 4 heteroatoms. The molecule has 1 aromatic carbocycles. The fourth-order valence-corrected chi connectivity index (χ4v) is 2.56. The summed E-state index contributed by atoms with van der Waals surface area (Å²) in [6.45, 7) is 4.48. The van der Waals surface area contributed by atoms with Crippen LogP contribution in [0.4, 0.5) is 0 Å². The lowest BCUT2D eigenvalue weighted by Crippen LogP contribution is -2.27. The van der Waals surface area contributed by atoms with Crippen LogP contribution in [0.15, 0.2) is 12.1 Å². The maximum atomic E-state index is 12.1. The molecule has 0 bridgehead atoms. The van der Waals surface area contributed by atoms with E-state index in [9.17, 15) is 4.79 Å². The van der Waals surface area contributed by atoms with Crippen molar-refractivity contribution in [1.29, 1.82) is 0 Å². The number of Topliss-reactive ketones (excluding diaryl/α,β-unsaturated/α-hetero) is 1. The van der Waals surface area contributed by atoms with Crippen molar-refractivity contribution in [2.45, 2.75) is 38.7 Å². The Morgan fingerprint density at radius 3 is 2.89 bits per heavy atom. The summed E-state index contributed by atoms with van der Waals surface area (Å²) in [4.78, 5) is 12.1. The maximum absolute atomic E-state index is 12.1. The molecule has 0 saturated carbocycles. The van der Waals surface area contributed by atoms with Crippen LogP contribution in [-0.4, -0.2) is 25.1 Å². The summed E-state index contributed by atoms with van der Waals surface area (Å²) in [6, 6.07) is 3.74. The van der Waals surface area contributed by atoms with Crippen LogP contribution in [0, 0.1) is 0 Å². The van der Waals surface area contributed by atoms with Gasteiger partial charge in [0.25, 0.3) is 0 Å². The van der Waals surface area contributed by atoms with Crippen molar-refractivity contribution < 1.29 is 14.3 Å². The molecule has 0 spiro atoms. The molecule has 19 heavy (non-hydrogen) atoms. The van der Waals surface area contributed by atoms with Gasteiger partial charge in [-0.05, 0) is 31.5 Å². The van der Waals surface area contributed by atoms with E-state index in [1.165, 1.54) is 0 Å². The number of ether oxygens (including phenoxy) is 2. The summed E-state index contributed by atoms with van der Waals surface area (Å²) in [7, 11) is 1.62. The second-order valence-corrected chi connectivity index (χ2v) is 5.94. The highest BCUT2D eigenvalue weighted by molar-refractivity contribution is 6.30. The molecule has 0 N–H and O–H groups in total. The molecule has 3 nitrogen and oxygen atoms in total. The molecule has 0 fully saturated rings. The van der Waals surface area contributed by atoms with Gasteiger partial charge in [0.1, 0.15) is 11.5 Å². The maximum Gasteiger partial charge on any atom is 0.140 e. The summed E-state index contributed by atoms with van der Waals surface area (Å²) in [5.41, 5.74) is 1.55. The molecular formula is C15H19ClO3. The summed E-state index contributed by atoms with van der Waals surface area (Å²) >= 11 is 6.08. The molecule has 0 unspecified atom stereocenters. The van der Waals surface area contributed by atoms with Gasteiger partial charge in [-0.15, -0.1) is 0 Å². The number of hydrogen-bond donors (Lipinski definition) is 0. The minimum Gasteiger partial charge on any atom is -0.493 e. The molecule has 0 aliphatic carbocycles. The van der Waals surface area contributed by atoms with Gasteiger partial charge in [0, 0.05) is 37.0 Å². The number of hydrogen-bond acceptors (Lipinski definition) is 3. The largest absolute Gasteiger partial charge is 0.493 e. The predicted molar refractivity (Wildman–Crippen MR) is 75.1 cm³/mol. The number of halogens is 1. The van der Waals surface area contributed by atoms with Gasteiger partial charge >= 0.3 is 0 Å². The zero-order valence-corrected chi connectivity index (χ0v) is 12.3. The average Bonchev–Trinajstić information content (AvgIpc) is 2.76. The van der Waals surface area contributed by atoms with Gasteiger partial charge in [-0.2, -0.15) is 0 Å². The Labute approximate surface area is 118 Å². The molecule has 1 aliphatic heterocycles. The highest BCUT2D eigenvalue weighted by Gasteiger charge is 2.24. The van der Waals surface area contributed by atoms with Crippen molar-refractivity contribution in [2.75, 3.05) is 13.7 Å². The van der Waals surface area contributed by atoms with Crippen molar-refractivity contribution in [3.05, 3.63) is 28.3 Å². The Hall–Kier alpha value is -1.06. The summed E-state index contributed by atoms with van der Waals surface area (Å²) < 4.78 is 10.9. The summed E-state index contributed by atoms with van der Waals surface area (Å²) in [6.07, 6.45) is 1.58. The molecule has 1 aliphatic rings. The zero-order chi connectivity index (χ0) is 14.0. The third kappa shape index (κ3) is 3.48. The van der Waals surface area contributed by atoms with Crippen molar-refractivity contribution in [2.24, 2.45) is 0 Å². The van der Waals surface area contributed by atoms with E-state index in [0.29, 0.717) is 24.5 Å². The number of carbonyl (C=O) groups is 1. The molecule has 0 amide bonds. The lowest BCUT2D eigenvalue weighted by atomic mass is 9.96. The fourth-order valence-electron chi connectivity index (χ4n) is 2.30. The van der Waals surface area contributed by atoms with E-state index in [1.54, 1.807) is 7.11 Å². The Bertz CT molecular complexity index is 494. The Balaban J connectivity index is 2.14. The lowest BCUT2D eigenvalue weighted by molar-refractivity contribution is -0.123. The highest BCUT2D eigenvalue weighted by atomic mass is 35.5. The average molecular weight is 283 g/mol. The van der Waals surface area contributed by atoms with Crippen LogP contribution in [0.1, 0.15) is 31.4 Å². The van der Waals surface area contributed by atoms with Crippen LogP contribution in [0.3, 0.4) is 0 Å². The van der Waals surface area contributed by atoms with E-state index in [-0.39, 0.29) is 5.78 Å². The van der Waals surface area contributed by atoms with Gasteiger partial charge in [0.05, 0.1) is 12.2 Å². The van der Waals surface area contributed by atoms with E-state index in [4.69, 9.17) is 21.1 Å². The van der Waals surface area contributed by atoms with Crippen molar-refractivity contribution in [3.8, 4) is 5.75 Å². The van der Waals surface area contributed by atoms with Gasteiger partial charge in [-0.3, -0.25) is 4.79 Å². The zero-order valence-electron chi connectivity index (χ0n) is 11.6. The predicted octanol–water partition coefficient (Wildman–Crippen LogP) is 3.20. The summed E-state index contributed by atoms with van der Waals surface area (Å²) in [5.74, 6) is 0.972. The molecule has 104 valence electrons. The fraction of sp³-hybridized carbons (Fsp3) is 0.533. The topological polar surface area (TPSA) is 35.5 Å². The smallest absolute Gasteiger partial charge is 0.140 e. The van der Waals surface area contributed by atoms with E-state index < -0.39 is 5.60 Å². The number of benzene rings is 1. The van der Waals surface area contributed by atoms with Crippen molar-refractivity contribution >= 4 is 17.4 Å². The van der Waals surface area contributed by atoms with E-state index in [2.05, 4.69) is 0 Å². The first-order valence-electron chi connectivity index (χ1n) is 6.42. The first-order chi connectivity index (χ1) is 8.91. The monoisotopic (exact) mass is 282 g/mol. The molecule has 0 saturated heterocycles. The summed E-state index contributed by atoms with van der Waals surface area (Å²) in [5, 5.41) is 0.665. The number of methoxy groups -OCH3 is 1. The number of fused-ring (bicyclic) bond motifs is 1. The molecule has 1 aromatic rings. The number of carbonyl (C=O) groups excluding carboxylic acids is 1. The second-order valence-electron chi connectivity index (χ2n) is 5.51. The van der Waals surface area contributed by atoms with E-state index in [0.717, 1.165) is 23.3 Å². The van der Waals surface area contributed by atoms with Gasteiger partial charge < -0.3 is 9.47 Å². The highest BCUT2D eigenvalue weighted by Crippen LogP contribution is 2.33. The Morgan fingerprint density at radius 1 is 1.47 bits per heavy atom. The van der Waals surface area contributed by atoms with Crippen LogP contribution < -0.4 is 4.74 Å². The van der Waals surface area contributed by atoms with Gasteiger partial charge in [-0.1, -0.05) is 11.6 Å². The molecule has 0 atom stereocenters. The molecular weight excluding hydrogens is 264 g/mol. The number of ketones is 1. The van der Waals surface area contributed by atoms with Crippen LogP contribution >= 0.6 is 11.6 Å². The van der Waals surface area contributed by atoms with Crippen LogP contribution in [0.2, 0.25) is 5.02 Å². The van der Waals surface area contributed by atoms with E-state index in [1.807, 2.05) is 26.0 Å². The quantitative estimate of drug-likeness (QED) is 0.832. The van der Waals surface area contributed by atoms with Crippen LogP contribution in [0.5, 0.6) is 5.75 Å². The van der Waals surface area contributed by atoms with Crippen molar-refractivity contribution in [1.82, 2.24) is 0 Å². The third-order valence-electron chi connectivity index (χ3n) is 3.39. The van der Waals surface area contributed by atoms with Crippen LogP contribution in [-0.2, 0) is 22.4 Å². The second kappa shape index (κ2) is 5.51. The lowest BCUT2D eigenvalue weighted by Gasteiger charge is -2.22. The van der Waals surface area contributed by atoms with Gasteiger partial charge in [0.15, 0.2) is 0 Å². The molecule has 2 rings (SSSR count). The third-order valence-corrected chi connectivity index (χ3v) is 3.61. The first kappa shape index (κ1) is 14.4. The standard InChI is InChI=1S/C15H19ClO3/c1-15(2,18-3)9-13(17)8-11-7-12(16)6-10-4-5-19-14(10)11/h6-7H,4-5,8-9H2,1-3H3. The minimum absolute atomic E-state index is 0.131. The minimum atomic E-state index is -0.431. The van der Waals surface area contributed by atoms with Gasteiger partial charge in [0.2, 0.25) is 0 Å². The van der Waals surface area contributed by atoms with Crippen LogP contribution in [0.25, 0.3) is 0 Å². The Kier molecular flexibility index (Phi) is 4.16. The SMILES string of the molecule is COC(C)(C)CC(=O)Cc1cc(Cl)cc2c1OCC2. The first-order valence-corrected chi connectivity index (χ1v) is 6.80. The number of rotatable bonds is 5. The molecule has 0 aromatic heterocycles. The van der Waals surface area contributed by atoms with E-state index >= 15 is 0 Å².